The molecule has 0 atom stereocenters. The van der Waals surface area contributed by atoms with Crippen LogP contribution in [-0.4, -0.2) is 0 Å². The second-order valence-electron chi connectivity index (χ2n) is 7.71. The van der Waals surface area contributed by atoms with E-state index in [1.807, 2.05) is 6.92 Å². The number of halogens is 5. The van der Waals surface area contributed by atoms with Crippen molar-refractivity contribution in [3.05, 3.63) is 118 Å². The molecule has 0 heterocycles. The number of aryl methyl sites for hydroxylation is 1. The molecule has 0 aliphatic carbocycles. The number of fused-ring (bicyclic) bond motifs is 1. The molecule has 34 heavy (non-hydrogen) atoms. The van der Waals surface area contributed by atoms with E-state index in [0.717, 1.165) is 23.9 Å². The molecule has 0 saturated heterocycles. The lowest BCUT2D eigenvalue weighted by Crippen LogP contribution is -1.95. The molecule has 0 saturated carbocycles. The Morgan fingerprint density at radius 1 is 0.559 bits per heavy atom. The van der Waals surface area contributed by atoms with E-state index in [4.69, 9.17) is 0 Å². The third-order valence-electron chi connectivity index (χ3n) is 5.15. The largest absolute Gasteiger partial charge is 0.207 e. The standard InChI is InChI=1S/C29H17F5/c1-2-3-19-13-26(31)25(27(32)14-19)11-6-20-15-28(33)24(29(34)16-20)10-5-18-4-7-22-17-23(30)9-8-21(22)12-18/h4,7-9,12-17H,2-3H2,1H3. The Balaban J connectivity index is 1.62. The van der Waals surface area contributed by atoms with Gasteiger partial charge in [-0.15, -0.1) is 0 Å². The van der Waals surface area contributed by atoms with E-state index >= 15 is 0 Å². The van der Waals surface area contributed by atoms with Crippen molar-refractivity contribution in [2.45, 2.75) is 19.8 Å². The van der Waals surface area contributed by atoms with Crippen molar-refractivity contribution in [1.29, 1.82) is 0 Å². The van der Waals surface area contributed by atoms with Crippen molar-refractivity contribution in [2.24, 2.45) is 0 Å². The average Bonchev–Trinajstić information content (AvgIpc) is 2.78. The van der Waals surface area contributed by atoms with Gasteiger partial charge in [-0.05, 0) is 71.3 Å². The normalized spacial score (nSPS) is 10.4. The van der Waals surface area contributed by atoms with Crippen molar-refractivity contribution in [1.82, 2.24) is 0 Å². The maximum Gasteiger partial charge on any atom is 0.143 e. The first-order valence-corrected chi connectivity index (χ1v) is 10.5. The molecule has 0 fully saturated rings. The van der Waals surface area contributed by atoms with Crippen LogP contribution in [-0.2, 0) is 6.42 Å². The molecule has 0 aliphatic rings. The van der Waals surface area contributed by atoms with Crippen LogP contribution in [0.1, 0.15) is 41.2 Å². The Bertz CT molecular complexity index is 1480. The zero-order chi connectivity index (χ0) is 24.2. The highest BCUT2D eigenvalue weighted by Gasteiger charge is 2.11. The predicted octanol–water partition coefficient (Wildman–Crippen LogP) is 7.29. The van der Waals surface area contributed by atoms with Gasteiger partial charge >= 0.3 is 0 Å². The first-order valence-electron chi connectivity index (χ1n) is 10.5. The van der Waals surface area contributed by atoms with Crippen LogP contribution in [0.15, 0.2) is 60.7 Å². The van der Waals surface area contributed by atoms with Crippen LogP contribution < -0.4 is 0 Å². The first-order chi connectivity index (χ1) is 16.3. The summed E-state index contributed by atoms with van der Waals surface area (Å²) in [5, 5.41) is 1.42. The summed E-state index contributed by atoms with van der Waals surface area (Å²) in [5.41, 5.74) is 0.0253. The van der Waals surface area contributed by atoms with E-state index in [2.05, 4.69) is 23.7 Å². The van der Waals surface area contributed by atoms with Crippen LogP contribution >= 0.6 is 0 Å². The maximum absolute atomic E-state index is 14.5. The summed E-state index contributed by atoms with van der Waals surface area (Å²) in [6.07, 6.45) is 1.26. The van der Waals surface area contributed by atoms with Gasteiger partial charge in [0.1, 0.15) is 29.1 Å². The fraction of sp³-hybridized carbons (Fsp3) is 0.103. The van der Waals surface area contributed by atoms with Crippen LogP contribution in [0.5, 0.6) is 0 Å². The minimum Gasteiger partial charge on any atom is -0.207 e. The van der Waals surface area contributed by atoms with Gasteiger partial charge in [-0.3, -0.25) is 0 Å². The lowest BCUT2D eigenvalue weighted by atomic mass is 10.1. The quantitative estimate of drug-likeness (QED) is 0.218. The highest BCUT2D eigenvalue weighted by atomic mass is 19.1. The fourth-order valence-corrected chi connectivity index (χ4v) is 3.51. The number of hydrogen-bond acceptors (Lipinski definition) is 0. The minimum atomic E-state index is -0.945. The molecule has 0 bridgehead atoms. The summed E-state index contributed by atoms with van der Waals surface area (Å²) < 4.78 is 70.8. The van der Waals surface area contributed by atoms with E-state index in [0.29, 0.717) is 22.9 Å². The summed E-state index contributed by atoms with van der Waals surface area (Å²) in [6.45, 7) is 1.89. The Labute approximate surface area is 194 Å². The Hall–Kier alpha value is -4.09. The molecule has 168 valence electrons. The van der Waals surface area contributed by atoms with Crippen LogP contribution in [0.4, 0.5) is 22.0 Å². The summed E-state index contributed by atoms with van der Waals surface area (Å²) in [6, 6.07) is 13.6. The summed E-state index contributed by atoms with van der Waals surface area (Å²) in [5.74, 6) is 6.01. The number of hydrogen-bond donors (Lipinski definition) is 0. The molecule has 4 aromatic rings. The highest BCUT2D eigenvalue weighted by molar-refractivity contribution is 5.84. The number of rotatable bonds is 2. The van der Waals surface area contributed by atoms with Gasteiger partial charge in [0.25, 0.3) is 0 Å². The molecular weight excluding hydrogens is 443 g/mol. The molecule has 0 aromatic heterocycles. The van der Waals surface area contributed by atoms with E-state index in [-0.39, 0.29) is 11.4 Å². The second-order valence-corrected chi connectivity index (χ2v) is 7.71. The minimum absolute atomic E-state index is 0.0790. The topological polar surface area (TPSA) is 0 Å². The van der Waals surface area contributed by atoms with Gasteiger partial charge in [0.05, 0.1) is 11.1 Å². The zero-order valence-electron chi connectivity index (χ0n) is 18.1. The molecule has 5 heteroatoms. The van der Waals surface area contributed by atoms with Crippen molar-refractivity contribution < 1.29 is 22.0 Å². The molecule has 0 radical (unpaired) electrons. The maximum atomic E-state index is 14.5. The molecule has 0 amide bonds. The third-order valence-corrected chi connectivity index (χ3v) is 5.15. The highest BCUT2D eigenvalue weighted by Crippen LogP contribution is 2.19. The van der Waals surface area contributed by atoms with Crippen molar-refractivity contribution in [3.63, 3.8) is 0 Å². The van der Waals surface area contributed by atoms with Gasteiger partial charge < -0.3 is 0 Å². The van der Waals surface area contributed by atoms with Gasteiger partial charge in [0, 0.05) is 11.1 Å². The van der Waals surface area contributed by atoms with Gasteiger partial charge in [-0.25, -0.2) is 22.0 Å². The van der Waals surface area contributed by atoms with Gasteiger partial charge in [-0.2, -0.15) is 0 Å². The van der Waals surface area contributed by atoms with Crippen molar-refractivity contribution in [3.8, 4) is 23.7 Å². The van der Waals surface area contributed by atoms with E-state index < -0.39 is 34.4 Å². The first kappa shape index (κ1) is 23.1. The summed E-state index contributed by atoms with van der Waals surface area (Å²) in [7, 11) is 0. The van der Waals surface area contributed by atoms with E-state index in [1.54, 1.807) is 24.3 Å². The third kappa shape index (κ3) is 5.11. The monoisotopic (exact) mass is 460 g/mol. The lowest BCUT2D eigenvalue weighted by Gasteiger charge is -2.03. The fourth-order valence-electron chi connectivity index (χ4n) is 3.51. The molecular formula is C29H17F5. The Kier molecular flexibility index (Phi) is 6.66. The van der Waals surface area contributed by atoms with Crippen LogP contribution in [0.3, 0.4) is 0 Å². The molecule has 4 rings (SSSR count). The van der Waals surface area contributed by atoms with Gasteiger partial charge in [0.2, 0.25) is 0 Å². The summed E-state index contributed by atoms with van der Waals surface area (Å²) >= 11 is 0. The lowest BCUT2D eigenvalue weighted by molar-refractivity contribution is 0.573. The molecule has 0 aliphatic heterocycles. The average molecular weight is 460 g/mol. The van der Waals surface area contributed by atoms with E-state index in [1.165, 1.54) is 24.3 Å². The molecule has 0 nitrogen and oxygen atoms in total. The van der Waals surface area contributed by atoms with Gasteiger partial charge in [-0.1, -0.05) is 49.2 Å². The smallest absolute Gasteiger partial charge is 0.143 e. The van der Waals surface area contributed by atoms with Crippen molar-refractivity contribution in [2.75, 3.05) is 0 Å². The second kappa shape index (κ2) is 9.81. The molecule has 4 aromatic carbocycles. The number of benzene rings is 4. The SMILES string of the molecule is CCCc1cc(F)c(C#Cc2cc(F)c(C#Cc3ccc4cc(F)ccc4c3)c(F)c2)c(F)c1. The molecule has 0 spiro atoms. The Morgan fingerprint density at radius 2 is 1.09 bits per heavy atom. The van der Waals surface area contributed by atoms with Gasteiger partial charge in [0.15, 0.2) is 0 Å². The zero-order valence-corrected chi connectivity index (χ0v) is 18.1. The Morgan fingerprint density at radius 3 is 1.71 bits per heavy atom. The molecule has 0 N–H and O–H groups in total. The van der Waals surface area contributed by atoms with E-state index in [9.17, 15) is 22.0 Å². The summed E-state index contributed by atoms with van der Waals surface area (Å²) in [4.78, 5) is 0. The molecule has 0 unspecified atom stereocenters. The predicted molar refractivity (Wildman–Crippen MR) is 123 cm³/mol. The van der Waals surface area contributed by atoms with Crippen LogP contribution in [0.25, 0.3) is 10.8 Å². The van der Waals surface area contributed by atoms with Crippen molar-refractivity contribution >= 4 is 10.8 Å². The van der Waals surface area contributed by atoms with Crippen LogP contribution in [0.2, 0.25) is 0 Å². The van der Waals surface area contributed by atoms with Crippen LogP contribution in [0, 0.1) is 52.8 Å².